The summed E-state index contributed by atoms with van der Waals surface area (Å²) >= 11 is 0. The number of ether oxygens (including phenoxy) is 3. The zero-order valence-electron chi connectivity index (χ0n) is 9.03. The molecule has 0 atom stereocenters. The number of hydrogen-bond donors (Lipinski definition) is 0. The molecule has 0 N–H and O–H groups in total. The lowest BCUT2D eigenvalue weighted by Gasteiger charge is -2.12. The molecule has 0 aliphatic carbocycles. The minimum absolute atomic E-state index is 0.179. The van der Waals surface area contributed by atoms with Gasteiger partial charge in [-0.05, 0) is 13.0 Å². The molecule has 0 radical (unpaired) electrons. The monoisotopic (exact) mass is 209 g/mol. The smallest absolute Gasteiger partial charge is 0.188 e. The Morgan fingerprint density at radius 1 is 1.53 bits per heavy atom. The Hall–Kier alpha value is -1.55. The first-order valence-corrected chi connectivity index (χ1v) is 4.67. The summed E-state index contributed by atoms with van der Waals surface area (Å²) in [5.41, 5.74) is 0.795. The van der Waals surface area contributed by atoms with Crippen molar-refractivity contribution in [2.75, 3.05) is 20.5 Å². The van der Waals surface area contributed by atoms with E-state index in [1.165, 1.54) is 0 Å². The Kier molecular flexibility index (Phi) is 4.63. The van der Waals surface area contributed by atoms with Gasteiger partial charge in [-0.15, -0.1) is 0 Å². The van der Waals surface area contributed by atoms with E-state index in [-0.39, 0.29) is 6.79 Å². The van der Waals surface area contributed by atoms with Gasteiger partial charge in [0, 0.05) is 13.3 Å². The van der Waals surface area contributed by atoms with Gasteiger partial charge in [-0.2, -0.15) is 0 Å². The lowest BCUT2D eigenvalue weighted by atomic mass is 10.2. The average Bonchev–Trinajstić information content (AvgIpc) is 2.27. The second kappa shape index (κ2) is 6.03. The number of methoxy groups -OCH3 is 1. The molecule has 4 heteroatoms. The summed E-state index contributed by atoms with van der Waals surface area (Å²) in [6.45, 7) is 6.47. The quantitative estimate of drug-likeness (QED) is 0.531. The van der Waals surface area contributed by atoms with Gasteiger partial charge in [0.15, 0.2) is 12.5 Å². The number of rotatable bonds is 6. The van der Waals surface area contributed by atoms with Gasteiger partial charge < -0.3 is 14.2 Å². The van der Waals surface area contributed by atoms with Gasteiger partial charge in [0.1, 0.15) is 5.76 Å². The number of hydrogen-bond acceptors (Lipinski definition) is 4. The summed E-state index contributed by atoms with van der Waals surface area (Å²) < 4.78 is 15.5. The van der Waals surface area contributed by atoms with Gasteiger partial charge in [-0.1, -0.05) is 6.58 Å². The summed E-state index contributed by atoms with van der Waals surface area (Å²) in [6.07, 6.45) is 3.28. The molecule has 0 bridgehead atoms. The predicted octanol–water partition coefficient (Wildman–Crippen LogP) is 2.07. The van der Waals surface area contributed by atoms with Crippen LogP contribution in [0.3, 0.4) is 0 Å². The van der Waals surface area contributed by atoms with Crippen LogP contribution in [0.1, 0.15) is 12.5 Å². The Labute approximate surface area is 89.5 Å². The highest BCUT2D eigenvalue weighted by atomic mass is 16.7. The Morgan fingerprint density at radius 2 is 2.33 bits per heavy atom. The molecule has 0 amide bonds. The van der Waals surface area contributed by atoms with E-state index >= 15 is 0 Å². The molecule has 0 unspecified atom stereocenters. The maximum Gasteiger partial charge on any atom is 0.188 e. The maximum absolute atomic E-state index is 5.33. The van der Waals surface area contributed by atoms with Gasteiger partial charge in [0.2, 0.25) is 0 Å². The molecule has 1 heterocycles. The van der Waals surface area contributed by atoms with E-state index in [9.17, 15) is 0 Å². The average molecular weight is 209 g/mol. The van der Waals surface area contributed by atoms with E-state index in [1.807, 2.05) is 6.92 Å². The lowest BCUT2D eigenvalue weighted by molar-refractivity contribution is 0.0504. The zero-order valence-corrected chi connectivity index (χ0v) is 9.03. The summed E-state index contributed by atoms with van der Waals surface area (Å²) in [7, 11) is 1.56. The third kappa shape index (κ3) is 3.25. The van der Waals surface area contributed by atoms with E-state index < -0.39 is 0 Å². The Bertz CT molecular complexity index is 325. The summed E-state index contributed by atoms with van der Waals surface area (Å²) in [5.74, 6) is 1.18. The van der Waals surface area contributed by atoms with Gasteiger partial charge in [0.25, 0.3) is 0 Å². The van der Waals surface area contributed by atoms with Crippen LogP contribution in [0.25, 0.3) is 5.76 Å². The number of aromatic nitrogens is 1. The standard InChI is InChI=1S/C11H15NO3/c1-4-14-9(2)10-5-6-12-7-11(10)15-8-13-3/h5-7H,2,4,8H2,1,3H3. The minimum atomic E-state index is 0.179. The van der Waals surface area contributed by atoms with Crippen LogP contribution in [0.4, 0.5) is 0 Å². The molecule has 0 aliphatic heterocycles. The highest BCUT2D eigenvalue weighted by molar-refractivity contribution is 5.62. The fourth-order valence-corrected chi connectivity index (χ4v) is 1.10. The van der Waals surface area contributed by atoms with Crippen LogP contribution < -0.4 is 4.74 Å². The molecule has 0 saturated carbocycles. The summed E-state index contributed by atoms with van der Waals surface area (Å²) in [6, 6.07) is 1.79. The van der Waals surface area contributed by atoms with Crippen LogP contribution in [0.15, 0.2) is 25.0 Å². The van der Waals surface area contributed by atoms with Crippen LogP contribution >= 0.6 is 0 Å². The SMILES string of the molecule is C=C(OCC)c1ccncc1OCOC. The topological polar surface area (TPSA) is 40.6 Å². The van der Waals surface area contributed by atoms with Crippen molar-refractivity contribution in [2.24, 2.45) is 0 Å². The number of pyridine rings is 1. The highest BCUT2D eigenvalue weighted by Crippen LogP contribution is 2.24. The van der Waals surface area contributed by atoms with Crippen molar-refractivity contribution in [1.29, 1.82) is 0 Å². The van der Waals surface area contributed by atoms with Crippen molar-refractivity contribution in [3.63, 3.8) is 0 Å². The fourth-order valence-electron chi connectivity index (χ4n) is 1.10. The molecule has 0 saturated heterocycles. The minimum Gasteiger partial charge on any atom is -0.494 e. The molecule has 0 aliphatic rings. The Morgan fingerprint density at radius 3 is 3.00 bits per heavy atom. The summed E-state index contributed by atoms with van der Waals surface area (Å²) in [4.78, 5) is 3.96. The first kappa shape index (κ1) is 11.5. The molecule has 0 fully saturated rings. The van der Waals surface area contributed by atoms with E-state index in [4.69, 9.17) is 14.2 Å². The van der Waals surface area contributed by atoms with Crippen molar-refractivity contribution >= 4 is 5.76 Å². The van der Waals surface area contributed by atoms with Crippen molar-refractivity contribution in [1.82, 2.24) is 4.98 Å². The molecule has 1 aromatic heterocycles. The van der Waals surface area contributed by atoms with Gasteiger partial charge >= 0.3 is 0 Å². The zero-order chi connectivity index (χ0) is 11.1. The Balaban J connectivity index is 2.80. The first-order chi connectivity index (χ1) is 7.29. The van der Waals surface area contributed by atoms with Crippen LogP contribution in [0.2, 0.25) is 0 Å². The van der Waals surface area contributed by atoms with E-state index in [0.717, 1.165) is 5.56 Å². The molecular weight excluding hydrogens is 194 g/mol. The van der Waals surface area contributed by atoms with Crippen LogP contribution in [0, 0.1) is 0 Å². The summed E-state index contributed by atoms with van der Waals surface area (Å²) in [5, 5.41) is 0. The molecule has 0 spiro atoms. The molecule has 1 aromatic rings. The normalized spacial score (nSPS) is 9.73. The van der Waals surface area contributed by atoms with E-state index in [1.54, 1.807) is 25.6 Å². The van der Waals surface area contributed by atoms with Crippen LogP contribution in [-0.2, 0) is 9.47 Å². The molecular formula is C11H15NO3. The molecule has 82 valence electrons. The second-order valence-corrected chi connectivity index (χ2v) is 2.78. The number of nitrogens with zero attached hydrogens (tertiary/aromatic N) is 1. The molecule has 4 nitrogen and oxygen atoms in total. The predicted molar refractivity (Wildman–Crippen MR) is 57.4 cm³/mol. The molecule has 15 heavy (non-hydrogen) atoms. The second-order valence-electron chi connectivity index (χ2n) is 2.78. The van der Waals surface area contributed by atoms with Crippen molar-refractivity contribution in [3.8, 4) is 5.75 Å². The highest BCUT2D eigenvalue weighted by Gasteiger charge is 2.07. The van der Waals surface area contributed by atoms with E-state index in [0.29, 0.717) is 18.1 Å². The third-order valence-corrected chi connectivity index (χ3v) is 1.74. The van der Waals surface area contributed by atoms with Gasteiger partial charge in [-0.3, -0.25) is 4.98 Å². The molecule has 1 rings (SSSR count). The van der Waals surface area contributed by atoms with Crippen molar-refractivity contribution in [3.05, 3.63) is 30.6 Å². The first-order valence-electron chi connectivity index (χ1n) is 4.67. The van der Waals surface area contributed by atoms with Crippen LogP contribution in [0.5, 0.6) is 5.75 Å². The largest absolute Gasteiger partial charge is 0.494 e. The maximum atomic E-state index is 5.33. The molecule has 0 aromatic carbocycles. The van der Waals surface area contributed by atoms with Gasteiger partial charge in [0.05, 0.1) is 18.4 Å². The fraction of sp³-hybridized carbons (Fsp3) is 0.364. The van der Waals surface area contributed by atoms with Gasteiger partial charge in [-0.25, -0.2) is 0 Å². The van der Waals surface area contributed by atoms with Crippen molar-refractivity contribution < 1.29 is 14.2 Å². The lowest BCUT2D eigenvalue weighted by Crippen LogP contribution is -2.02. The van der Waals surface area contributed by atoms with Crippen molar-refractivity contribution in [2.45, 2.75) is 6.92 Å². The van der Waals surface area contributed by atoms with Crippen LogP contribution in [-0.4, -0.2) is 25.5 Å². The third-order valence-electron chi connectivity index (χ3n) is 1.74. The van der Waals surface area contributed by atoms with E-state index in [2.05, 4.69) is 11.6 Å².